The van der Waals surface area contributed by atoms with E-state index in [1.165, 1.54) is 12.8 Å². The summed E-state index contributed by atoms with van der Waals surface area (Å²) >= 11 is 5.96. The van der Waals surface area contributed by atoms with Crippen molar-refractivity contribution in [2.45, 2.75) is 19.8 Å². The van der Waals surface area contributed by atoms with Crippen molar-refractivity contribution < 1.29 is 4.79 Å². The number of nitrogens with zero attached hydrogens (tertiary/aromatic N) is 3. The van der Waals surface area contributed by atoms with E-state index in [-0.39, 0.29) is 5.91 Å². The van der Waals surface area contributed by atoms with Gasteiger partial charge in [-0.25, -0.2) is 4.68 Å². The topological polar surface area (TPSA) is 50.2 Å². The zero-order valence-electron chi connectivity index (χ0n) is 15.2. The van der Waals surface area contributed by atoms with Crippen molar-refractivity contribution in [3.63, 3.8) is 0 Å². The molecule has 0 unspecified atom stereocenters. The van der Waals surface area contributed by atoms with Crippen LogP contribution in [0.1, 0.15) is 28.9 Å². The predicted octanol–water partition coefficient (Wildman–Crippen LogP) is 4.69. The van der Waals surface area contributed by atoms with Crippen LogP contribution in [0.15, 0.2) is 54.7 Å². The number of anilines is 2. The summed E-state index contributed by atoms with van der Waals surface area (Å²) in [5, 5.41) is 8.11. The molecule has 0 atom stereocenters. The van der Waals surface area contributed by atoms with Crippen molar-refractivity contribution >= 4 is 28.9 Å². The maximum atomic E-state index is 12.9. The van der Waals surface area contributed by atoms with Crippen LogP contribution in [0.4, 0.5) is 11.4 Å². The Morgan fingerprint density at radius 1 is 1.07 bits per heavy atom. The highest BCUT2D eigenvalue weighted by Gasteiger charge is 2.19. The van der Waals surface area contributed by atoms with Crippen LogP contribution in [-0.4, -0.2) is 28.8 Å². The predicted molar refractivity (Wildman–Crippen MR) is 109 cm³/mol. The number of hydrogen-bond acceptors (Lipinski definition) is 3. The van der Waals surface area contributed by atoms with Gasteiger partial charge in [0.05, 0.1) is 34.5 Å². The maximum Gasteiger partial charge on any atom is 0.259 e. The highest BCUT2D eigenvalue weighted by Crippen LogP contribution is 2.29. The van der Waals surface area contributed by atoms with Crippen LogP contribution in [0.2, 0.25) is 5.02 Å². The summed E-state index contributed by atoms with van der Waals surface area (Å²) in [6, 6.07) is 15.3. The summed E-state index contributed by atoms with van der Waals surface area (Å²) in [7, 11) is 0. The average Bonchev–Trinajstić information content (AvgIpc) is 3.33. The first-order chi connectivity index (χ1) is 13.1. The number of benzene rings is 2. The molecule has 1 aliphatic heterocycles. The van der Waals surface area contributed by atoms with E-state index in [1.807, 2.05) is 49.4 Å². The number of aromatic nitrogens is 2. The quantitative estimate of drug-likeness (QED) is 0.714. The monoisotopic (exact) mass is 380 g/mol. The molecule has 27 heavy (non-hydrogen) atoms. The molecule has 1 aliphatic rings. The third-order valence-corrected chi connectivity index (χ3v) is 5.18. The van der Waals surface area contributed by atoms with Gasteiger partial charge in [0.15, 0.2) is 0 Å². The molecule has 1 saturated heterocycles. The SMILES string of the molecule is Cc1c(C(=O)Nc2ccccc2N2CCCC2)cnn1-c1ccc(Cl)cc1. The lowest BCUT2D eigenvalue weighted by Gasteiger charge is -2.21. The molecule has 0 aliphatic carbocycles. The number of nitrogens with one attached hydrogen (secondary N) is 1. The van der Waals surface area contributed by atoms with E-state index >= 15 is 0 Å². The van der Waals surface area contributed by atoms with Gasteiger partial charge in [-0.2, -0.15) is 5.10 Å². The first kappa shape index (κ1) is 17.6. The van der Waals surface area contributed by atoms with Crippen LogP contribution in [-0.2, 0) is 0 Å². The van der Waals surface area contributed by atoms with Crippen LogP contribution in [0.25, 0.3) is 5.69 Å². The number of halogens is 1. The second kappa shape index (κ2) is 7.45. The minimum Gasteiger partial charge on any atom is -0.370 e. The second-order valence-electron chi connectivity index (χ2n) is 6.70. The standard InChI is InChI=1S/C21H21ClN4O/c1-15-18(14-23-26(15)17-10-8-16(22)9-11-17)21(27)24-19-6-2-3-7-20(19)25-12-4-5-13-25/h2-3,6-11,14H,4-5,12-13H2,1H3,(H,24,27). The third-order valence-electron chi connectivity index (χ3n) is 4.92. The van der Waals surface area contributed by atoms with Gasteiger partial charge in [-0.3, -0.25) is 4.79 Å². The number of hydrogen-bond donors (Lipinski definition) is 1. The van der Waals surface area contributed by atoms with Gasteiger partial charge in [-0.1, -0.05) is 23.7 Å². The maximum absolute atomic E-state index is 12.9. The molecule has 138 valence electrons. The van der Waals surface area contributed by atoms with Gasteiger partial charge < -0.3 is 10.2 Å². The Labute approximate surface area is 163 Å². The van der Waals surface area contributed by atoms with Gasteiger partial charge in [-0.05, 0) is 56.2 Å². The van der Waals surface area contributed by atoms with E-state index in [0.29, 0.717) is 10.6 Å². The van der Waals surface area contributed by atoms with Crippen molar-refractivity contribution in [1.82, 2.24) is 9.78 Å². The fraction of sp³-hybridized carbons (Fsp3) is 0.238. The van der Waals surface area contributed by atoms with E-state index < -0.39 is 0 Å². The molecule has 5 nitrogen and oxygen atoms in total. The molecule has 1 fully saturated rings. The lowest BCUT2D eigenvalue weighted by Crippen LogP contribution is -2.21. The van der Waals surface area contributed by atoms with Crippen molar-refractivity contribution in [2.24, 2.45) is 0 Å². The van der Waals surface area contributed by atoms with E-state index in [0.717, 1.165) is 35.8 Å². The fourth-order valence-corrected chi connectivity index (χ4v) is 3.60. The fourth-order valence-electron chi connectivity index (χ4n) is 3.48. The number of para-hydroxylation sites is 2. The summed E-state index contributed by atoms with van der Waals surface area (Å²) in [5.41, 5.74) is 4.12. The van der Waals surface area contributed by atoms with Crippen LogP contribution in [0.5, 0.6) is 0 Å². The average molecular weight is 381 g/mol. The minimum atomic E-state index is -0.153. The van der Waals surface area contributed by atoms with Crippen LogP contribution >= 0.6 is 11.6 Å². The Morgan fingerprint density at radius 3 is 2.52 bits per heavy atom. The first-order valence-corrected chi connectivity index (χ1v) is 9.47. The summed E-state index contributed by atoms with van der Waals surface area (Å²) in [4.78, 5) is 15.2. The van der Waals surface area contributed by atoms with Crippen LogP contribution < -0.4 is 10.2 Å². The van der Waals surface area contributed by atoms with Gasteiger partial charge in [0.25, 0.3) is 5.91 Å². The van der Waals surface area contributed by atoms with Gasteiger partial charge in [0.2, 0.25) is 0 Å². The molecule has 2 heterocycles. The Hall–Kier alpha value is -2.79. The van der Waals surface area contributed by atoms with Crippen molar-refractivity contribution in [3.8, 4) is 5.69 Å². The van der Waals surface area contributed by atoms with E-state index in [4.69, 9.17) is 11.6 Å². The first-order valence-electron chi connectivity index (χ1n) is 9.09. The lowest BCUT2D eigenvalue weighted by atomic mass is 10.2. The molecule has 4 rings (SSSR count). The minimum absolute atomic E-state index is 0.153. The molecule has 6 heteroatoms. The van der Waals surface area contributed by atoms with E-state index in [1.54, 1.807) is 10.9 Å². The number of carbonyl (C=O) groups is 1. The van der Waals surface area contributed by atoms with Crippen molar-refractivity contribution in [2.75, 3.05) is 23.3 Å². The zero-order chi connectivity index (χ0) is 18.8. The normalized spacial score (nSPS) is 13.8. The van der Waals surface area contributed by atoms with Gasteiger partial charge in [-0.15, -0.1) is 0 Å². The molecular weight excluding hydrogens is 360 g/mol. The van der Waals surface area contributed by atoms with E-state index in [2.05, 4.69) is 21.4 Å². The molecule has 1 N–H and O–H groups in total. The number of carbonyl (C=O) groups excluding carboxylic acids is 1. The molecule has 0 saturated carbocycles. The Bertz CT molecular complexity index is 959. The largest absolute Gasteiger partial charge is 0.370 e. The van der Waals surface area contributed by atoms with Gasteiger partial charge in [0, 0.05) is 18.1 Å². The molecule has 0 spiro atoms. The molecule has 3 aromatic rings. The van der Waals surface area contributed by atoms with Crippen molar-refractivity contribution in [1.29, 1.82) is 0 Å². The van der Waals surface area contributed by atoms with E-state index in [9.17, 15) is 4.79 Å². The summed E-state index contributed by atoms with van der Waals surface area (Å²) in [6.07, 6.45) is 3.99. The van der Waals surface area contributed by atoms with Crippen LogP contribution in [0.3, 0.4) is 0 Å². The molecular formula is C21H21ClN4O. The summed E-state index contributed by atoms with van der Waals surface area (Å²) in [5.74, 6) is -0.153. The lowest BCUT2D eigenvalue weighted by molar-refractivity contribution is 0.102. The van der Waals surface area contributed by atoms with Crippen molar-refractivity contribution in [3.05, 3.63) is 71.0 Å². The molecule has 0 bridgehead atoms. The highest BCUT2D eigenvalue weighted by atomic mass is 35.5. The van der Waals surface area contributed by atoms with Gasteiger partial charge >= 0.3 is 0 Å². The molecule has 1 amide bonds. The Balaban J connectivity index is 1.59. The van der Waals surface area contributed by atoms with Gasteiger partial charge in [0.1, 0.15) is 0 Å². The Morgan fingerprint density at radius 2 is 1.78 bits per heavy atom. The number of rotatable bonds is 4. The zero-order valence-corrected chi connectivity index (χ0v) is 15.9. The summed E-state index contributed by atoms with van der Waals surface area (Å²) in [6.45, 7) is 3.95. The molecule has 2 aromatic carbocycles. The highest BCUT2D eigenvalue weighted by molar-refractivity contribution is 6.30. The number of amides is 1. The molecule has 1 aromatic heterocycles. The Kier molecular flexibility index (Phi) is 4.86. The second-order valence-corrected chi connectivity index (χ2v) is 7.13. The summed E-state index contributed by atoms with van der Waals surface area (Å²) < 4.78 is 1.75. The molecule has 0 radical (unpaired) electrons. The smallest absolute Gasteiger partial charge is 0.259 e. The van der Waals surface area contributed by atoms with Crippen LogP contribution in [0, 0.1) is 6.92 Å². The third kappa shape index (κ3) is 3.55.